The molecule has 2 aliphatic rings. The molecule has 3 unspecified atom stereocenters. The molecule has 0 aromatic carbocycles. The fourth-order valence-corrected chi connectivity index (χ4v) is 3.03. The Hall–Kier alpha value is -1.26. The number of carboxylic acids is 1. The smallest absolute Gasteiger partial charge is 0.314 e. The molecule has 3 N–H and O–H groups in total. The Kier molecular flexibility index (Phi) is 4.02. The van der Waals surface area contributed by atoms with Crippen LogP contribution in [0.3, 0.4) is 0 Å². The van der Waals surface area contributed by atoms with Gasteiger partial charge in [0.2, 0.25) is 0 Å². The van der Waals surface area contributed by atoms with E-state index in [1.54, 1.807) is 0 Å². The molecule has 0 aromatic heterocycles. The van der Waals surface area contributed by atoms with Crippen LogP contribution >= 0.6 is 0 Å². The molecule has 2 aliphatic carbocycles. The van der Waals surface area contributed by atoms with Gasteiger partial charge in [0.25, 0.3) is 0 Å². The first kappa shape index (κ1) is 14.2. The van der Waals surface area contributed by atoms with Crippen LogP contribution in [-0.4, -0.2) is 30.2 Å². The minimum atomic E-state index is -0.732. The van der Waals surface area contributed by atoms with Crippen molar-refractivity contribution in [1.29, 1.82) is 0 Å². The number of carboxylic acid groups (broad SMARTS) is 1. The Balaban J connectivity index is 1.65. The Morgan fingerprint density at radius 3 is 2.42 bits per heavy atom. The number of carbonyl (C=O) groups excluding carboxylic acids is 1. The molecule has 0 heterocycles. The zero-order valence-electron chi connectivity index (χ0n) is 11.7. The molecule has 2 saturated carbocycles. The molecule has 0 radical (unpaired) electrons. The summed E-state index contributed by atoms with van der Waals surface area (Å²) in [5.41, 5.74) is 0.368. The van der Waals surface area contributed by atoms with Crippen LogP contribution in [0.15, 0.2) is 0 Å². The van der Waals surface area contributed by atoms with Crippen molar-refractivity contribution in [1.82, 2.24) is 10.6 Å². The van der Waals surface area contributed by atoms with E-state index < -0.39 is 5.97 Å². The molecule has 108 valence electrons. The van der Waals surface area contributed by atoms with Crippen LogP contribution in [0, 0.1) is 23.2 Å². The van der Waals surface area contributed by atoms with Crippen molar-refractivity contribution in [3.8, 4) is 0 Å². The molecule has 3 atom stereocenters. The van der Waals surface area contributed by atoms with Crippen molar-refractivity contribution in [3.05, 3.63) is 0 Å². The molecule has 5 heteroatoms. The van der Waals surface area contributed by atoms with Crippen molar-refractivity contribution < 1.29 is 14.7 Å². The van der Waals surface area contributed by atoms with Crippen molar-refractivity contribution in [2.75, 3.05) is 13.1 Å². The van der Waals surface area contributed by atoms with E-state index in [1.807, 2.05) is 0 Å². The van der Waals surface area contributed by atoms with Gasteiger partial charge in [-0.15, -0.1) is 0 Å². The van der Waals surface area contributed by atoms with E-state index in [0.717, 1.165) is 25.7 Å². The quantitative estimate of drug-likeness (QED) is 0.712. The van der Waals surface area contributed by atoms with Gasteiger partial charge >= 0.3 is 12.0 Å². The van der Waals surface area contributed by atoms with Gasteiger partial charge in [0.1, 0.15) is 0 Å². The van der Waals surface area contributed by atoms with Gasteiger partial charge in [0.15, 0.2) is 0 Å². The highest BCUT2D eigenvalue weighted by molar-refractivity contribution is 5.74. The van der Waals surface area contributed by atoms with E-state index >= 15 is 0 Å². The lowest BCUT2D eigenvalue weighted by molar-refractivity contribution is -0.142. The molecule has 19 heavy (non-hydrogen) atoms. The minimum Gasteiger partial charge on any atom is -0.481 e. The van der Waals surface area contributed by atoms with E-state index in [2.05, 4.69) is 24.5 Å². The highest BCUT2D eigenvalue weighted by Gasteiger charge is 2.45. The van der Waals surface area contributed by atoms with Gasteiger partial charge in [-0.1, -0.05) is 20.3 Å². The fourth-order valence-electron chi connectivity index (χ4n) is 3.03. The van der Waals surface area contributed by atoms with Gasteiger partial charge in [-0.2, -0.15) is 0 Å². The summed E-state index contributed by atoms with van der Waals surface area (Å²) >= 11 is 0. The number of urea groups is 1. The third-order valence-electron chi connectivity index (χ3n) is 4.73. The molecule has 0 bridgehead atoms. The van der Waals surface area contributed by atoms with Crippen molar-refractivity contribution in [2.24, 2.45) is 23.2 Å². The van der Waals surface area contributed by atoms with Crippen LogP contribution in [-0.2, 0) is 4.79 Å². The topological polar surface area (TPSA) is 78.4 Å². The summed E-state index contributed by atoms with van der Waals surface area (Å²) in [4.78, 5) is 22.7. The number of hydrogen-bond acceptors (Lipinski definition) is 2. The van der Waals surface area contributed by atoms with Gasteiger partial charge in [0.05, 0.1) is 5.92 Å². The van der Waals surface area contributed by atoms with Crippen LogP contribution in [0.1, 0.15) is 39.5 Å². The van der Waals surface area contributed by atoms with Gasteiger partial charge in [-0.25, -0.2) is 4.79 Å². The molecule has 2 amide bonds. The van der Waals surface area contributed by atoms with Gasteiger partial charge in [0, 0.05) is 13.1 Å². The summed E-state index contributed by atoms with van der Waals surface area (Å²) < 4.78 is 0. The average Bonchev–Trinajstić information content (AvgIpc) is 2.77. The molecule has 5 nitrogen and oxygen atoms in total. The maximum atomic E-state index is 11.6. The number of aliphatic carboxylic acids is 1. The predicted octanol–water partition coefficient (Wildman–Crippen LogP) is 1.83. The highest BCUT2D eigenvalue weighted by Crippen LogP contribution is 2.50. The lowest BCUT2D eigenvalue weighted by atomic mass is 9.96. The van der Waals surface area contributed by atoms with Crippen LogP contribution in [0.2, 0.25) is 0 Å². The van der Waals surface area contributed by atoms with Gasteiger partial charge < -0.3 is 15.7 Å². The molecular formula is C14H24N2O3. The van der Waals surface area contributed by atoms with Crippen LogP contribution in [0.5, 0.6) is 0 Å². The Bertz CT molecular complexity index is 368. The molecule has 0 spiro atoms. The monoisotopic (exact) mass is 268 g/mol. The average molecular weight is 268 g/mol. The summed E-state index contributed by atoms with van der Waals surface area (Å²) in [7, 11) is 0. The second-order valence-electron chi connectivity index (χ2n) is 6.62. The number of amides is 2. The first-order valence-electron chi connectivity index (χ1n) is 7.14. The largest absolute Gasteiger partial charge is 0.481 e. The molecule has 2 rings (SSSR count). The van der Waals surface area contributed by atoms with Crippen molar-refractivity contribution >= 4 is 12.0 Å². The van der Waals surface area contributed by atoms with E-state index in [0.29, 0.717) is 24.4 Å². The molecular weight excluding hydrogens is 244 g/mol. The second kappa shape index (κ2) is 5.39. The molecule has 0 saturated heterocycles. The normalized spacial score (nSPS) is 31.8. The number of rotatable bonds is 5. The Labute approximate surface area is 114 Å². The predicted molar refractivity (Wildman–Crippen MR) is 71.8 cm³/mol. The maximum Gasteiger partial charge on any atom is 0.314 e. The fraction of sp³-hybridized carbons (Fsp3) is 0.857. The molecule has 0 aromatic rings. The first-order valence-corrected chi connectivity index (χ1v) is 7.14. The summed E-state index contributed by atoms with van der Waals surface area (Å²) in [5, 5.41) is 14.7. The number of hydrogen-bond donors (Lipinski definition) is 3. The SMILES string of the molecule is CC1(C)CC1CNC(=O)NCC1CCCC1C(=O)O. The van der Waals surface area contributed by atoms with E-state index in [-0.39, 0.29) is 17.9 Å². The van der Waals surface area contributed by atoms with Crippen LogP contribution in [0.4, 0.5) is 4.79 Å². The maximum absolute atomic E-state index is 11.6. The van der Waals surface area contributed by atoms with E-state index in [4.69, 9.17) is 5.11 Å². The standard InChI is InChI=1S/C14H24N2O3/c1-14(2)6-10(14)8-16-13(19)15-7-9-4-3-5-11(9)12(17)18/h9-11H,3-8H2,1-2H3,(H,17,18)(H2,15,16,19). The minimum absolute atomic E-state index is 0.0839. The molecule has 0 aliphatic heterocycles. The number of carbonyl (C=O) groups is 2. The number of nitrogens with one attached hydrogen (secondary N) is 2. The second-order valence-corrected chi connectivity index (χ2v) is 6.62. The summed E-state index contributed by atoms with van der Waals surface area (Å²) in [5.74, 6) is -0.357. The van der Waals surface area contributed by atoms with Crippen LogP contribution < -0.4 is 10.6 Å². The Morgan fingerprint density at radius 1 is 1.21 bits per heavy atom. The highest BCUT2D eigenvalue weighted by atomic mass is 16.4. The lowest BCUT2D eigenvalue weighted by Crippen LogP contribution is -2.40. The van der Waals surface area contributed by atoms with Crippen molar-refractivity contribution in [3.63, 3.8) is 0 Å². The molecule has 2 fully saturated rings. The Morgan fingerprint density at radius 2 is 1.84 bits per heavy atom. The van der Waals surface area contributed by atoms with Crippen LogP contribution in [0.25, 0.3) is 0 Å². The van der Waals surface area contributed by atoms with Gasteiger partial charge in [-0.3, -0.25) is 4.79 Å². The van der Waals surface area contributed by atoms with E-state index in [1.165, 1.54) is 0 Å². The zero-order valence-corrected chi connectivity index (χ0v) is 11.7. The zero-order chi connectivity index (χ0) is 14.0. The third kappa shape index (κ3) is 3.61. The van der Waals surface area contributed by atoms with E-state index in [9.17, 15) is 9.59 Å². The first-order chi connectivity index (χ1) is 8.90. The summed E-state index contributed by atoms with van der Waals surface area (Å²) in [6.45, 7) is 5.59. The van der Waals surface area contributed by atoms with Crippen molar-refractivity contribution in [2.45, 2.75) is 39.5 Å². The summed E-state index contributed by atoms with van der Waals surface area (Å²) in [6, 6.07) is -0.168. The lowest BCUT2D eigenvalue weighted by Gasteiger charge is -2.16. The van der Waals surface area contributed by atoms with Gasteiger partial charge in [-0.05, 0) is 36.5 Å². The summed E-state index contributed by atoms with van der Waals surface area (Å²) in [6.07, 6.45) is 3.74. The third-order valence-corrected chi connectivity index (χ3v) is 4.73.